The van der Waals surface area contributed by atoms with Crippen LogP contribution in [0.25, 0.3) is 10.9 Å². The fourth-order valence-electron chi connectivity index (χ4n) is 2.77. The minimum Gasteiger partial charge on any atom is -0.496 e. The number of aromatic amines is 1. The number of likely N-dealkylation sites (tertiary alicyclic amines) is 1. The molecule has 0 spiro atoms. The number of benzene rings is 1. The van der Waals surface area contributed by atoms with Gasteiger partial charge in [-0.3, -0.25) is 9.59 Å². The van der Waals surface area contributed by atoms with Crippen molar-refractivity contribution in [3.05, 3.63) is 29.7 Å². The van der Waals surface area contributed by atoms with E-state index in [2.05, 4.69) is 4.98 Å². The number of nitrogens with zero attached hydrogens (tertiary/aromatic N) is 1. The molecule has 116 valence electrons. The van der Waals surface area contributed by atoms with Gasteiger partial charge in [0.1, 0.15) is 17.3 Å². The Labute approximate surface area is 125 Å². The fourth-order valence-corrected chi connectivity index (χ4v) is 2.77. The maximum absolute atomic E-state index is 13.8. The molecule has 1 saturated heterocycles. The first-order chi connectivity index (χ1) is 10.5. The zero-order valence-corrected chi connectivity index (χ0v) is 11.9. The van der Waals surface area contributed by atoms with Crippen LogP contribution in [0.3, 0.4) is 0 Å². The number of rotatable bonds is 3. The number of fused-ring (bicyclic) bond motifs is 1. The Balaban J connectivity index is 1.92. The molecule has 1 unspecified atom stereocenters. The Bertz CT molecular complexity index is 755. The Morgan fingerprint density at radius 2 is 2.23 bits per heavy atom. The van der Waals surface area contributed by atoms with Crippen LogP contribution in [0.5, 0.6) is 5.75 Å². The molecule has 1 aliphatic heterocycles. The summed E-state index contributed by atoms with van der Waals surface area (Å²) < 4.78 is 19.0. The second-order valence-electron chi connectivity index (χ2n) is 5.30. The quantitative estimate of drug-likeness (QED) is 0.907. The van der Waals surface area contributed by atoms with Crippen LogP contribution in [-0.2, 0) is 4.79 Å². The van der Waals surface area contributed by atoms with Gasteiger partial charge in [0, 0.05) is 18.5 Å². The topological polar surface area (TPSA) is 82.6 Å². The number of H-pyrrole nitrogens is 1. The highest BCUT2D eigenvalue weighted by Gasteiger charge is 2.32. The van der Waals surface area contributed by atoms with Crippen LogP contribution in [0, 0.1) is 11.7 Å². The number of aromatic nitrogens is 1. The number of carbonyl (C=O) groups is 2. The minimum atomic E-state index is -0.903. The molecule has 1 amide bonds. The Morgan fingerprint density at radius 3 is 2.86 bits per heavy atom. The van der Waals surface area contributed by atoms with E-state index in [-0.39, 0.29) is 23.7 Å². The number of nitrogens with one attached hydrogen (secondary N) is 1. The SMILES string of the molecule is COc1ccc(F)c2[nH]c(C(=O)N3CCC(C(=O)O)C3)cc12. The monoisotopic (exact) mass is 306 g/mol. The fraction of sp³-hybridized carbons (Fsp3) is 0.333. The number of hydrogen-bond acceptors (Lipinski definition) is 3. The van der Waals surface area contributed by atoms with Gasteiger partial charge < -0.3 is 19.7 Å². The van der Waals surface area contributed by atoms with E-state index >= 15 is 0 Å². The van der Waals surface area contributed by atoms with E-state index in [0.717, 1.165) is 0 Å². The summed E-state index contributed by atoms with van der Waals surface area (Å²) in [5.41, 5.74) is 0.432. The van der Waals surface area contributed by atoms with Gasteiger partial charge in [-0.2, -0.15) is 0 Å². The van der Waals surface area contributed by atoms with E-state index in [0.29, 0.717) is 24.1 Å². The number of carbonyl (C=O) groups excluding carboxylic acids is 1. The molecule has 1 fully saturated rings. The molecular formula is C15H15FN2O4. The summed E-state index contributed by atoms with van der Waals surface area (Å²) >= 11 is 0. The van der Waals surface area contributed by atoms with Crippen LogP contribution < -0.4 is 4.74 Å². The molecule has 1 aromatic heterocycles. The lowest BCUT2D eigenvalue weighted by atomic mass is 10.1. The Hall–Kier alpha value is -2.57. The molecule has 1 atom stereocenters. The van der Waals surface area contributed by atoms with Gasteiger partial charge in [0.05, 0.1) is 18.5 Å². The van der Waals surface area contributed by atoms with E-state index < -0.39 is 17.7 Å². The number of amides is 1. The molecule has 2 heterocycles. The first kappa shape index (κ1) is 14.4. The third-order valence-corrected chi connectivity index (χ3v) is 3.98. The van der Waals surface area contributed by atoms with Crippen LogP contribution in [0.4, 0.5) is 4.39 Å². The number of aliphatic carboxylic acids is 1. The minimum absolute atomic E-state index is 0.170. The third-order valence-electron chi connectivity index (χ3n) is 3.98. The van der Waals surface area contributed by atoms with Crippen molar-refractivity contribution in [2.24, 2.45) is 5.92 Å². The van der Waals surface area contributed by atoms with Crippen molar-refractivity contribution < 1.29 is 23.8 Å². The molecule has 6 nitrogen and oxygen atoms in total. The van der Waals surface area contributed by atoms with Crippen LogP contribution in [-0.4, -0.2) is 47.1 Å². The standard InChI is InChI=1S/C15H15FN2O4/c1-22-12-3-2-10(16)13-9(12)6-11(17-13)14(19)18-5-4-8(7-18)15(20)21/h2-3,6,8,17H,4-5,7H2,1H3,(H,20,21). The number of carboxylic acids is 1. The van der Waals surface area contributed by atoms with Crippen molar-refractivity contribution in [3.63, 3.8) is 0 Å². The predicted octanol–water partition coefficient (Wildman–Crippen LogP) is 1.86. The van der Waals surface area contributed by atoms with Gasteiger partial charge in [0.15, 0.2) is 0 Å². The highest BCUT2D eigenvalue weighted by Crippen LogP contribution is 2.29. The van der Waals surface area contributed by atoms with Gasteiger partial charge in [-0.25, -0.2) is 4.39 Å². The summed E-state index contributed by atoms with van der Waals surface area (Å²) in [6.07, 6.45) is 0.430. The maximum atomic E-state index is 13.8. The zero-order valence-electron chi connectivity index (χ0n) is 11.9. The summed E-state index contributed by atoms with van der Waals surface area (Å²) in [5, 5.41) is 9.48. The second-order valence-corrected chi connectivity index (χ2v) is 5.30. The predicted molar refractivity (Wildman–Crippen MR) is 76.5 cm³/mol. The summed E-state index contributed by atoms with van der Waals surface area (Å²) in [6.45, 7) is 0.550. The number of methoxy groups -OCH3 is 1. The van der Waals surface area contributed by atoms with Crippen molar-refractivity contribution in [1.82, 2.24) is 9.88 Å². The summed E-state index contributed by atoms with van der Waals surface area (Å²) in [4.78, 5) is 27.6. The average molecular weight is 306 g/mol. The Morgan fingerprint density at radius 1 is 1.45 bits per heavy atom. The molecule has 0 aliphatic carbocycles. The molecule has 2 aromatic rings. The first-order valence-corrected chi connectivity index (χ1v) is 6.88. The first-order valence-electron chi connectivity index (χ1n) is 6.88. The highest BCUT2D eigenvalue weighted by atomic mass is 19.1. The normalized spacial score (nSPS) is 17.9. The molecule has 7 heteroatoms. The van der Waals surface area contributed by atoms with Crippen LogP contribution >= 0.6 is 0 Å². The molecular weight excluding hydrogens is 291 g/mol. The number of halogens is 1. The van der Waals surface area contributed by atoms with Gasteiger partial charge in [-0.1, -0.05) is 0 Å². The van der Waals surface area contributed by atoms with Crippen molar-refractivity contribution in [1.29, 1.82) is 0 Å². The molecule has 1 aromatic carbocycles. The van der Waals surface area contributed by atoms with Crippen molar-refractivity contribution in [2.45, 2.75) is 6.42 Å². The van der Waals surface area contributed by atoms with E-state index in [4.69, 9.17) is 9.84 Å². The number of carboxylic acid groups (broad SMARTS) is 1. The second kappa shape index (κ2) is 5.32. The lowest BCUT2D eigenvalue weighted by Gasteiger charge is -2.14. The number of ether oxygens (including phenoxy) is 1. The summed E-state index contributed by atoms with van der Waals surface area (Å²) in [6, 6.07) is 4.30. The largest absolute Gasteiger partial charge is 0.496 e. The third kappa shape index (κ3) is 2.28. The van der Waals surface area contributed by atoms with Crippen molar-refractivity contribution in [2.75, 3.05) is 20.2 Å². The van der Waals surface area contributed by atoms with E-state index in [1.807, 2.05) is 0 Å². The smallest absolute Gasteiger partial charge is 0.308 e. The lowest BCUT2D eigenvalue weighted by Crippen LogP contribution is -2.30. The van der Waals surface area contributed by atoms with Crippen LogP contribution in [0.15, 0.2) is 18.2 Å². The molecule has 22 heavy (non-hydrogen) atoms. The van der Waals surface area contributed by atoms with Gasteiger partial charge >= 0.3 is 5.97 Å². The molecule has 3 rings (SSSR count). The van der Waals surface area contributed by atoms with Crippen molar-refractivity contribution >= 4 is 22.8 Å². The molecule has 0 saturated carbocycles. The van der Waals surface area contributed by atoms with Gasteiger partial charge in [0.25, 0.3) is 5.91 Å². The lowest BCUT2D eigenvalue weighted by molar-refractivity contribution is -0.141. The number of hydrogen-bond donors (Lipinski definition) is 2. The zero-order chi connectivity index (χ0) is 15.9. The summed E-state index contributed by atoms with van der Waals surface area (Å²) in [5.74, 6) is -1.78. The van der Waals surface area contributed by atoms with E-state index in [1.165, 1.54) is 30.2 Å². The molecule has 0 radical (unpaired) electrons. The highest BCUT2D eigenvalue weighted by molar-refractivity contribution is 6.00. The van der Waals surface area contributed by atoms with Gasteiger partial charge in [-0.15, -0.1) is 0 Å². The maximum Gasteiger partial charge on any atom is 0.308 e. The molecule has 0 bridgehead atoms. The Kier molecular flexibility index (Phi) is 3.48. The summed E-state index contributed by atoms with van der Waals surface area (Å²) in [7, 11) is 1.47. The average Bonchev–Trinajstić information content (AvgIpc) is 3.14. The van der Waals surface area contributed by atoms with E-state index in [1.54, 1.807) is 0 Å². The van der Waals surface area contributed by atoms with Crippen LogP contribution in [0.1, 0.15) is 16.9 Å². The van der Waals surface area contributed by atoms with Gasteiger partial charge in [0.2, 0.25) is 0 Å². The van der Waals surface area contributed by atoms with E-state index in [9.17, 15) is 14.0 Å². The van der Waals surface area contributed by atoms with Gasteiger partial charge in [-0.05, 0) is 24.6 Å². The molecule has 2 N–H and O–H groups in total. The van der Waals surface area contributed by atoms with Crippen LogP contribution in [0.2, 0.25) is 0 Å². The molecule has 1 aliphatic rings. The van der Waals surface area contributed by atoms with Crippen molar-refractivity contribution in [3.8, 4) is 5.75 Å².